The van der Waals surface area contributed by atoms with E-state index in [0.717, 1.165) is 5.56 Å². The van der Waals surface area contributed by atoms with Gasteiger partial charge >= 0.3 is 6.18 Å². The fraction of sp³-hybridized carbons (Fsp3) is 0.467. The van der Waals surface area contributed by atoms with Crippen LogP contribution in [-0.4, -0.2) is 63.0 Å². The van der Waals surface area contributed by atoms with Gasteiger partial charge in [0, 0.05) is 12.1 Å². The first kappa shape index (κ1) is 17.3. The second kappa shape index (κ2) is 6.79. The Kier molecular flexibility index (Phi) is 4.71. The molecule has 1 aliphatic rings. The van der Waals surface area contributed by atoms with Gasteiger partial charge in [-0.15, -0.1) is 5.10 Å². The minimum absolute atomic E-state index is 0.132. The number of tetrazole rings is 1. The van der Waals surface area contributed by atoms with Gasteiger partial charge in [-0.2, -0.15) is 13.2 Å². The molecule has 1 atom stereocenters. The number of hydrogen-bond donors (Lipinski definition) is 0. The minimum Gasteiger partial charge on any atom is -0.365 e. The lowest BCUT2D eigenvalue weighted by Crippen LogP contribution is -2.51. The number of rotatable bonds is 3. The predicted octanol–water partition coefficient (Wildman–Crippen LogP) is 1.43. The molecule has 2 aromatic rings. The SMILES string of the molecule is Cc1nnnn1Cc1ccc(C(=O)N2CCOC(C(F)(F)F)C2)cc1. The fourth-order valence-corrected chi connectivity index (χ4v) is 2.54. The summed E-state index contributed by atoms with van der Waals surface area (Å²) in [6, 6.07) is 6.65. The van der Waals surface area contributed by atoms with Gasteiger partial charge in [-0.05, 0) is 35.0 Å². The third kappa shape index (κ3) is 3.95. The number of alkyl halides is 3. The van der Waals surface area contributed by atoms with E-state index in [0.29, 0.717) is 17.9 Å². The molecule has 2 heterocycles. The van der Waals surface area contributed by atoms with Crippen LogP contribution in [-0.2, 0) is 11.3 Å². The molecule has 1 unspecified atom stereocenters. The molecular weight excluding hydrogens is 339 g/mol. The molecule has 0 spiro atoms. The maximum absolute atomic E-state index is 12.8. The van der Waals surface area contributed by atoms with Gasteiger partial charge in [0.25, 0.3) is 5.91 Å². The summed E-state index contributed by atoms with van der Waals surface area (Å²) < 4.78 is 44.6. The first-order valence-corrected chi connectivity index (χ1v) is 7.64. The van der Waals surface area contributed by atoms with E-state index in [4.69, 9.17) is 4.74 Å². The Bertz CT molecular complexity index is 744. The lowest BCUT2D eigenvalue weighted by molar-refractivity contribution is -0.233. The summed E-state index contributed by atoms with van der Waals surface area (Å²) in [6.45, 7) is 1.73. The largest absolute Gasteiger partial charge is 0.416 e. The molecule has 3 rings (SSSR count). The van der Waals surface area contributed by atoms with Crippen LogP contribution in [0.3, 0.4) is 0 Å². The van der Waals surface area contributed by atoms with Crippen LogP contribution in [0, 0.1) is 6.92 Å². The van der Waals surface area contributed by atoms with Crippen molar-refractivity contribution in [3.63, 3.8) is 0 Å². The Balaban J connectivity index is 1.67. The molecule has 0 aliphatic carbocycles. The van der Waals surface area contributed by atoms with Gasteiger partial charge in [0.1, 0.15) is 5.82 Å². The Morgan fingerprint density at radius 1 is 1.32 bits per heavy atom. The highest BCUT2D eigenvalue weighted by atomic mass is 19.4. The lowest BCUT2D eigenvalue weighted by Gasteiger charge is -2.33. The number of morpholine rings is 1. The number of carbonyl (C=O) groups excluding carboxylic acids is 1. The second-order valence-electron chi connectivity index (χ2n) is 5.73. The average molecular weight is 355 g/mol. The molecule has 0 saturated carbocycles. The number of benzene rings is 1. The highest BCUT2D eigenvalue weighted by Gasteiger charge is 2.44. The first-order chi connectivity index (χ1) is 11.8. The number of amides is 1. The van der Waals surface area contributed by atoms with Crippen molar-refractivity contribution in [1.29, 1.82) is 0 Å². The zero-order valence-electron chi connectivity index (χ0n) is 13.4. The molecule has 1 fully saturated rings. The van der Waals surface area contributed by atoms with Gasteiger partial charge in [-0.1, -0.05) is 12.1 Å². The average Bonchev–Trinajstić information content (AvgIpc) is 2.99. The van der Waals surface area contributed by atoms with E-state index in [2.05, 4.69) is 15.5 Å². The molecule has 0 N–H and O–H groups in total. The van der Waals surface area contributed by atoms with Crippen LogP contribution in [0.2, 0.25) is 0 Å². The maximum Gasteiger partial charge on any atom is 0.416 e. The van der Waals surface area contributed by atoms with Gasteiger partial charge in [0.05, 0.1) is 19.7 Å². The molecular formula is C15H16F3N5O2. The van der Waals surface area contributed by atoms with Gasteiger partial charge in [0.2, 0.25) is 0 Å². The Hall–Kier alpha value is -2.49. The first-order valence-electron chi connectivity index (χ1n) is 7.64. The van der Waals surface area contributed by atoms with Crippen LogP contribution in [0.25, 0.3) is 0 Å². The van der Waals surface area contributed by atoms with Crippen molar-refractivity contribution in [3.8, 4) is 0 Å². The van der Waals surface area contributed by atoms with Gasteiger partial charge in [0.15, 0.2) is 6.10 Å². The molecule has 0 radical (unpaired) electrons. The summed E-state index contributed by atoms with van der Waals surface area (Å²) in [7, 11) is 0. The van der Waals surface area contributed by atoms with Crippen molar-refractivity contribution in [2.75, 3.05) is 19.7 Å². The summed E-state index contributed by atoms with van der Waals surface area (Å²) >= 11 is 0. The molecule has 1 aromatic heterocycles. The van der Waals surface area contributed by atoms with E-state index in [1.54, 1.807) is 35.9 Å². The smallest absolute Gasteiger partial charge is 0.365 e. The molecule has 10 heteroatoms. The fourth-order valence-electron chi connectivity index (χ4n) is 2.54. The lowest BCUT2D eigenvalue weighted by atomic mass is 10.1. The Morgan fingerprint density at radius 2 is 2.04 bits per heavy atom. The van der Waals surface area contributed by atoms with E-state index in [1.807, 2.05) is 0 Å². The van der Waals surface area contributed by atoms with Crippen molar-refractivity contribution in [2.45, 2.75) is 25.7 Å². The van der Waals surface area contributed by atoms with Gasteiger partial charge in [-0.3, -0.25) is 4.79 Å². The predicted molar refractivity (Wildman–Crippen MR) is 79.8 cm³/mol. The highest BCUT2D eigenvalue weighted by Crippen LogP contribution is 2.26. The highest BCUT2D eigenvalue weighted by molar-refractivity contribution is 5.94. The van der Waals surface area contributed by atoms with Gasteiger partial charge < -0.3 is 9.64 Å². The Labute approximate surface area is 141 Å². The third-order valence-corrected chi connectivity index (χ3v) is 3.96. The van der Waals surface area contributed by atoms with E-state index < -0.39 is 24.7 Å². The second-order valence-corrected chi connectivity index (χ2v) is 5.73. The van der Waals surface area contributed by atoms with Crippen LogP contribution in [0.5, 0.6) is 0 Å². The van der Waals surface area contributed by atoms with Crippen molar-refractivity contribution in [3.05, 3.63) is 41.2 Å². The molecule has 1 aromatic carbocycles. The third-order valence-electron chi connectivity index (χ3n) is 3.96. The quantitative estimate of drug-likeness (QED) is 0.833. The van der Waals surface area contributed by atoms with E-state index in [-0.39, 0.29) is 13.2 Å². The standard InChI is InChI=1S/C15H16F3N5O2/c1-10-19-20-21-23(10)8-11-2-4-12(5-3-11)14(24)22-6-7-25-13(9-22)15(16,17)18/h2-5,13H,6-9H2,1H3. The topological polar surface area (TPSA) is 73.1 Å². The molecule has 0 bridgehead atoms. The summed E-state index contributed by atoms with van der Waals surface area (Å²) in [5.74, 6) is 0.217. The summed E-state index contributed by atoms with van der Waals surface area (Å²) in [6.07, 6.45) is -6.42. The van der Waals surface area contributed by atoms with Crippen LogP contribution < -0.4 is 0 Å². The van der Waals surface area contributed by atoms with Crippen LogP contribution >= 0.6 is 0 Å². The summed E-state index contributed by atoms with van der Waals surface area (Å²) in [5, 5.41) is 11.2. The zero-order chi connectivity index (χ0) is 18.0. The molecule has 1 amide bonds. The molecule has 1 saturated heterocycles. The van der Waals surface area contributed by atoms with Crippen molar-refractivity contribution in [2.24, 2.45) is 0 Å². The van der Waals surface area contributed by atoms with Crippen LogP contribution in [0.15, 0.2) is 24.3 Å². The van der Waals surface area contributed by atoms with E-state index in [9.17, 15) is 18.0 Å². The maximum atomic E-state index is 12.8. The number of aromatic nitrogens is 4. The molecule has 1 aliphatic heterocycles. The van der Waals surface area contributed by atoms with Crippen molar-refractivity contribution >= 4 is 5.91 Å². The molecule has 7 nitrogen and oxygen atoms in total. The number of nitrogens with zero attached hydrogens (tertiary/aromatic N) is 5. The molecule has 134 valence electrons. The molecule has 25 heavy (non-hydrogen) atoms. The number of ether oxygens (including phenoxy) is 1. The van der Waals surface area contributed by atoms with Crippen LogP contribution in [0.4, 0.5) is 13.2 Å². The summed E-state index contributed by atoms with van der Waals surface area (Å²) in [4.78, 5) is 13.6. The summed E-state index contributed by atoms with van der Waals surface area (Å²) in [5.41, 5.74) is 1.21. The Morgan fingerprint density at radius 3 is 2.64 bits per heavy atom. The number of carbonyl (C=O) groups is 1. The zero-order valence-corrected chi connectivity index (χ0v) is 13.4. The van der Waals surface area contributed by atoms with E-state index in [1.165, 1.54) is 4.90 Å². The number of hydrogen-bond acceptors (Lipinski definition) is 5. The van der Waals surface area contributed by atoms with Crippen molar-refractivity contribution < 1.29 is 22.7 Å². The number of halogens is 3. The number of aryl methyl sites for hydroxylation is 1. The normalized spacial score (nSPS) is 18.4. The van der Waals surface area contributed by atoms with Crippen molar-refractivity contribution in [1.82, 2.24) is 25.1 Å². The van der Waals surface area contributed by atoms with Crippen LogP contribution in [0.1, 0.15) is 21.7 Å². The van der Waals surface area contributed by atoms with Gasteiger partial charge in [-0.25, -0.2) is 4.68 Å². The minimum atomic E-state index is -4.48. The van der Waals surface area contributed by atoms with E-state index >= 15 is 0 Å². The monoisotopic (exact) mass is 355 g/mol.